The van der Waals surface area contributed by atoms with Crippen molar-refractivity contribution in [3.63, 3.8) is 0 Å². The highest BCUT2D eigenvalue weighted by Crippen LogP contribution is 2.08. The molecule has 1 amide bonds. The van der Waals surface area contributed by atoms with Crippen molar-refractivity contribution in [1.29, 1.82) is 0 Å². The van der Waals surface area contributed by atoms with Crippen molar-refractivity contribution in [1.82, 2.24) is 5.32 Å². The van der Waals surface area contributed by atoms with Gasteiger partial charge in [0.1, 0.15) is 5.84 Å². The number of hydrogen-bond donors (Lipinski definition) is 3. The molecule has 0 aromatic rings. The van der Waals surface area contributed by atoms with E-state index in [1.54, 1.807) is 0 Å². The van der Waals surface area contributed by atoms with Crippen LogP contribution in [-0.2, 0) is 4.79 Å². The fraction of sp³-hybridized carbons (Fsp3) is 0.625. The van der Waals surface area contributed by atoms with E-state index in [-0.39, 0.29) is 17.5 Å². The first-order valence-electron chi connectivity index (χ1n) is 7.62. The molecule has 0 radical (unpaired) electrons. The second-order valence-corrected chi connectivity index (χ2v) is 4.70. The molecule has 2 atom stereocenters. The van der Waals surface area contributed by atoms with Gasteiger partial charge >= 0.3 is 0 Å². The summed E-state index contributed by atoms with van der Waals surface area (Å²) < 4.78 is 0. The van der Waals surface area contributed by atoms with Crippen molar-refractivity contribution in [3.05, 3.63) is 24.0 Å². The maximum absolute atomic E-state index is 11.4. The Kier molecular flexibility index (Phi) is 12.3. The van der Waals surface area contributed by atoms with Crippen LogP contribution in [0.25, 0.3) is 0 Å². The molecule has 0 spiro atoms. The standard InChI is InChI=1S/C14H26N4O.C2H6/c1-6-9(3)13(15)17-8-12(14(16)19)11(5)18-10(4)7-2;1-2/h8-10,18H,5-7H2,1-4H3,(H2,15,17)(H2,16,19);1-2H3/b12-8+;/t9?,10-;/m1./s1. The summed E-state index contributed by atoms with van der Waals surface area (Å²) in [6.07, 6.45) is 3.20. The first kappa shape index (κ1) is 21.5. The van der Waals surface area contributed by atoms with Crippen LogP contribution in [0.4, 0.5) is 0 Å². The SMILES string of the molecule is C=C(N[C@H](C)CC)/C(=C\N=C(N)C(C)CC)C(N)=O.CC. The normalized spacial score (nSPS) is 14.6. The molecule has 5 heteroatoms. The smallest absolute Gasteiger partial charge is 0.252 e. The minimum absolute atomic E-state index is 0.168. The van der Waals surface area contributed by atoms with Gasteiger partial charge in [-0.25, -0.2) is 4.99 Å². The van der Waals surface area contributed by atoms with Crippen molar-refractivity contribution < 1.29 is 4.79 Å². The molecular weight excluding hydrogens is 264 g/mol. The minimum Gasteiger partial charge on any atom is -0.387 e. The molecule has 0 rings (SSSR count). The Morgan fingerprint density at radius 2 is 1.76 bits per heavy atom. The second-order valence-electron chi connectivity index (χ2n) is 4.70. The van der Waals surface area contributed by atoms with E-state index in [0.717, 1.165) is 12.8 Å². The van der Waals surface area contributed by atoms with Gasteiger partial charge in [0.2, 0.25) is 0 Å². The highest BCUT2D eigenvalue weighted by Gasteiger charge is 2.11. The average Bonchev–Trinajstić information content (AvgIpc) is 2.47. The summed E-state index contributed by atoms with van der Waals surface area (Å²) in [6.45, 7) is 15.9. The summed E-state index contributed by atoms with van der Waals surface area (Å²) in [7, 11) is 0. The van der Waals surface area contributed by atoms with E-state index in [0.29, 0.717) is 11.5 Å². The Morgan fingerprint density at radius 1 is 1.24 bits per heavy atom. The fourth-order valence-electron chi connectivity index (χ4n) is 1.24. The highest BCUT2D eigenvalue weighted by atomic mass is 16.1. The number of aliphatic imine (C=N–C) groups is 1. The quantitative estimate of drug-likeness (QED) is 0.278. The third-order valence-electron chi connectivity index (χ3n) is 3.08. The number of carbonyl (C=O) groups is 1. The van der Waals surface area contributed by atoms with E-state index < -0.39 is 5.91 Å². The zero-order chi connectivity index (χ0) is 17.0. The van der Waals surface area contributed by atoms with E-state index in [1.807, 2.05) is 41.5 Å². The van der Waals surface area contributed by atoms with Crippen molar-refractivity contribution in [2.45, 2.75) is 60.4 Å². The zero-order valence-electron chi connectivity index (χ0n) is 14.4. The van der Waals surface area contributed by atoms with Crippen molar-refractivity contribution in [3.8, 4) is 0 Å². The Balaban J connectivity index is 0. The van der Waals surface area contributed by atoms with Crippen LogP contribution in [0, 0.1) is 5.92 Å². The van der Waals surface area contributed by atoms with E-state index in [4.69, 9.17) is 11.5 Å². The van der Waals surface area contributed by atoms with Gasteiger partial charge in [-0.15, -0.1) is 0 Å². The summed E-state index contributed by atoms with van der Waals surface area (Å²) in [5.41, 5.74) is 11.9. The van der Waals surface area contributed by atoms with Gasteiger partial charge in [0.15, 0.2) is 0 Å². The van der Waals surface area contributed by atoms with Gasteiger partial charge in [-0.1, -0.05) is 41.2 Å². The Labute approximate surface area is 129 Å². The molecule has 0 aromatic heterocycles. The predicted molar refractivity (Wildman–Crippen MR) is 91.7 cm³/mol. The van der Waals surface area contributed by atoms with Crippen LogP contribution in [0.5, 0.6) is 0 Å². The van der Waals surface area contributed by atoms with Gasteiger partial charge in [0.05, 0.1) is 5.57 Å². The third-order valence-corrected chi connectivity index (χ3v) is 3.08. The Bertz CT molecular complexity index is 386. The number of amidine groups is 1. The third kappa shape index (κ3) is 8.89. The van der Waals surface area contributed by atoms with Crippen LogP contribution in [0.2, 0.25) is 0 Å². The summed E-state index contributed by atoms with van der Waals surface area (Å²) in [5.74, 6) is 0.0836. The topological polar surface area (TPSA) is 93.5 Å². The lowest BCUT2D eigenvalue weighted by Gasteiger charge is -2.16. The van der Waals surface area contributed by atoms with Crippen LogP contribution in [0.15, 0.2) is 29.0 Å². The van der Waals surface area contributed by atoms with Crippen LogP contribution >= 0.6 is 0 Å². The molecule has 21 heavy (non-hydrogen) atoms. The maximum Gasteiger partial charge on any atom is 0.252 e. The summed E-state index contributed by atoms with van der Waals surface area (Å²) >= 11 is 0. The highest BCUT2D eigenvalue weighted by molar-refractivity contribution is 5.96. The van der Waals surface area contributed by atoms with Crippen molar-refractivity contribution >= 4 is 11.7 Å². The van der Waals surface area contributed by atoms with E-state index in [1.165, 1.54) is 6.20 Å². The van der Waals surface area contributed by atoms with Crippen LogP contribution in [0.1, 0.15) is 54.4 Å². The molecular formula is C16H32N4O. The molecule has 1 unspecified atom stereocenters. The molecule has 0 aliphatic rings. The van der Waals surface area contributed by atoms with Crippen molar-refractivity contribution in [2.75, 3.05) is 0 Å². The van der Waals surface area contributed by atoms with Gasteiger partial charge in [-0.05, 0) is 19.8 Å². The number of carbonyl (C=O) groups excluding carboxylic acids is 1. The molecule has 0 aliphatic heterocycles. The molecule has 0 heterocycles. The van der Waals surface area contributed by atoms with E-state index >= 15 is 0 Å². The molecule has 122 valence electrons. The monoisotopic (exact) mass is 296 g/mol. The largest absolute Gasteiger partial charge is 0.387 e. The van der Waals surface area contributed by atoms with Crippen LogP contribution in [0.3, 0.4) is 0 Å². The lowest BCUT2D eigenvalue weighted by molar-refractivity contribution is -0.114. The molecule has 0 fully saturated rings. The Morgan fingerprint density at radius 3 is 2.14 bits per heavy atom. The number of primary amides is 1. The van der Waals surface area contributed by atoms with Gasteiger partial charge in [0, 0.05) is 23.9 Å². The molecule has 0 aromatic carbocycles. The van der Waals surface area contributed by atoms with Gasteiger partial charge in [-0.2, -0.15) is 0 Å². The lowest BCUT2D eigenvalue weighted by Crippen LogP contribution is -2.29. The summed E-state index contributed by atoms with van der Waals surface area (Å²) in [6, 6.07) is 0.214. The number of hydrogen-bond acceptors (Lipinski definition) is 3. The number of nitrogens with two attached hydrogens (primary N) is 2. The number of nitrogens with zero attached hydrogens (tertiary/aromatic N) is 1. The zero-order valence-corrected chi connectivity index (χ0v) is 14.4. The number of nitrogens with one attached hydrogen (secondary N) is 1. The maximum atomic E-state index is 11.4. The lowest BCUT2D eigenvalue weighted by atomic mass is 10.1. The molecule has 5 N–H and O–H groups in total. The fourth-order valence-corrected chi connectivity index (χ4v) is 1.24. The Hall–Kier alpha value is -1.78. The van der Waals surface area contributed by atoms with Gasteiger partial charge in [-0.3, -0.25) is 4.79 Å². The minimum atomic E-state index is -0.568. The van der Waals surface area contributed by atoms with E-state index in [9.17, 15) is 4.79 Å². The number of amides is 1. The molecule has 0 saturated heterocycles. The predicted octanol–water partition coefficient (Wildman–Crippen LogP) is 2.69. The average molecular weight is 296 g/mol. The van der Waals surface area contributed by atoms with Gasteiger partial charge < -0.3 is 16.8 Å². The van der Waals surface area contributed by atoms with Crippen LogP contribution in [-0.4, -0.2) is 17.8 Å². The summed E-state index contributed by atoms with van der Waals surface area (Å²) in [4.78, 5) is 15.5. The second kappa shape index (κ2) is 12.0. The van der Waals surface area contributed by atoms with Gasteiger partial charge in [0.25, 0.3) is 5.91 Å². The molecule has 0 saturated carbocycles. The first-order valence-corrected chi connectivity index (χ1v) is 7.62. The van der Waals surface area contributed by atoms with E-state index in [2.05, 4.69) is 16.9 Å². The molecule has 0 bridgehead atoms. The first-order chi connectivity index (χ1) is 9.83. The van der Waals surface area contributed by atoms with Crippen molar-refractivity contribution in [2.24, 2.45) is 22.4 Å². The van der Waals surface area contributed by atoms with Crippen LogP contribution < -0.4 is 16.8 Å². The molecule has 5 nitrogen and oxygen atoms in total. The number of rotatable bonds is 8. The summed E-state index contributed by atoms with van der Waals surface area (Å²) in [5, 5.41) is 3.10. The molecule has 0 aliphatic carbocycles.